The average molecular weight is 422 g/mol. The van der Waals surface area contributed by atoms with E-state index in [9.17, 15) is 22.8 Å². The van der Waals surface area contributed by atoms with Gasteiger partial charge in [-0.15, -0.1) is 13.2 Å². The van der Waals surface area contributed by atoms with Gasteiger partial charge in [0, 0.05) is 25.9 Å². The maximum absolute atomic E-state index is 12.6. The highest BCUT2D eigenvalue weighted by Gasteiger charge is 2.31. The molecule has 0 atom stereocenters. The smallest absolute Gasteiger partial charge is 0.455 e. The lowest BCUT2D eigenvalue weighted by molar-refractivity contribution is -0.274. The number of hydrogen-bond acceptors (Lipinski definition) is 4. The molecule has 0 unspecified atom stereocenters. The van der Waals surface area contributed by atoms with Gasteiger partial charge >= 0.3 is 6.36 Å². The van der Waals surface area contributed by atoms with Gasteiger partial charge in [0.05, 0.1) is 5.69 Å². The van der Waals surface area contributed by atoms with Crippen LogP contribution in [0.5, 0.6) is 17.2 Å². The lowest BCUT2D eigenvalue weighted by Crippen LogP contribution is -2.40. The van der Waals surface area contributed by atoms with Gasteiger partial charge in [-0.05, 0) is 49.2 Å². The van der Waals surface area contributed by atoms with E-state index in [1.807, 2.05) is 0 Å². The molecule has 1 aliphatic rings. The molecule has 0 saturated carbocycles. The van der Waals surface area contributed by atoms with E-state index in [1.165, 1.54) is 19.1 Å². The highest BCUT2D eigenvalue weighted by Crippen LogP contribution is 2.32. The number of carbonyl (C=O) groups is 2. The number of alkyl halides is 3. The number of carbonyl (C=O) groups excluding carboxylic acids is 2. The highest BCUT2D eigenvalue weighted by molar-refractivity contribution is 5.94. The number of nitrogens with zero attached hydrogens (tertiary/aromatic N) is 1. The molecule has 1 fully saturated rings. The van der Waals surface area contributed by atoms with Crippen LogP contribution < -0.4 is 14.8 Å². The molecule has 30 heavy (non-hydrogen) atoms. The van der Waals surface area contributed by atoms with Crippen LogP contribution in [0.15, 0.2) is 48.5 Å². The van der Waals surface area contributed by atoms with E-state index in [1.54, 1.807) is 29.2 Å². The first-order valence-corrected chi connectivity index (χ1v) is 9.40. The van der Waals surface area contributed by atoms with Crippen LogP contribution in [0.3, 0.4) is 0 Å². The number of nitrogens with one attached hydrogen (secondary N) is 1. The van der Waals surface area contributed by atoms with Crippen molar-refractivity contribution in [3.05, 3.63) is 48.5 Å². The summed E-state index contributed by atoms with van der Waals surface area (Å²) in [4.78, 5) is 25.8. The van der Waals surface area contributed by atoms with Crippen LogP contribution in [-0.4, -0.2) is 36.2 Å². The third-order valence-corrected chi connectivity index (χ3v) is 4.74. The minimum absolute atomic E-state index is 0.000689. The molecule has 160 valence electrons. The molecule has 0 radical (unpaired) electrons. The fourth-order valence-corrected chi connectivity index (χ4v) is 3.19. The van der Waals surface area contributed by atoms with Crippen molar-refractivity contribution >= 4 is 17.5 Å². The molecule has 0 aliphatic carbocycles. The summed E-state index contributed by atoms with van der Waals surface area (Å²) in [6.07, 6.45) is -3.61. The lowest BCUT2D eigenvalue weighted by atomic mass is 9.96. The van der Waals surface area contributed by atoms with E-state index in [0.717, 1.165) is 12.1 Å². The fraction of sp³-hybridized carbons (Fsp3) is 0.333. The number of benzene rings is 2. The minimum Gasteiger partial charge on any atom is -0.455 e. The van der Waals surface area contributed by atoms with Gasteiger partial charge in [-0.3, -0.25) is 9.59 Å². The monoisotopic (exact) mass is 422 g/mol. The standard InChI is InChI=1S/C21H21F3N2O4/c1-14(27)26-12-10-15(11-13-26)20(28)25-18-4-2-3-5-19(18)29-16-6-8-17(9-7-16)30-21(22,23)24/h2-9,15H,10-13H2,1H3,(H,25,28). The number of ether oxygens (including phenoxy) is 2. The number of para-hydroxylation sites is 2. The zero-order chi connectivity index (χ0) is 21.7. The average Bonchev–Trinajstić information content (AvgIpc) is 2.70. The molecule has 0 bridgehead atoms. The molecule has 2 aromatic rings. The first-order chi connectivity index (χ1) is 14.2. The maximum atomic E-state index is 12.6. The first kappa shape index (κ1) is 21.5. The molecule has 9 heteroatoms. The summed E-state index contributed by atoms with van der Waals surface area (Å²) in [7, 11) is 0. The second-order valence-corrected chi connectivity index (χ2v) is 6.89. The van der Waals surface area contributed by atoms with E-state index in [4.69, 9.17) is 4.74 Å². The predicted molar refractivity (Wildman–Crippen MR) is 103 cm³/mol. The number of piperidine rings is 1. The molecule has 1 heterocycles. The predicted octanol–water partition coefficient (Wildman–Crippen LogP) is 4.57. The topological polar surface area (TPSA) is 67.9 Å². The number of amides is 2. The normalized spacial score (nSPS) is 14.9. The van der Waals surface area contributed by atoms with E-state index >= 15 is 0 Å². The Morgan fingerprint density at radius 3 is 2.20 bits per heavy atom. The van der Waals surface area contributed by atoms with E-state index in [-0.39, 0.29) is 23.5 Å². The van der Waals surface area contributed by atoms with Crippen LogP contribution >= 0.6 is 0 Å². The summed E-state index contributed by atoms with van der Waals surface area (Å²) < 4.78 is 46.4. The Morgan fingerprint density at radius 1 is 1.00 bits per heavy atom. The minimum atomic E-state index is -4.76. The van der Waals surface area contributed by atoms with Crippen molar-refractivity contribution in [1.82, 2.24) is 4.90 Å². The van der Waals surface area contributed by atoms with Crippen molar-refractivity contribution in [1.29, 1.82) is 0 Å². The van der Waals surface area contributed by atoms with Gasteiger partial charge in [-0.2, -0.15) is 0 Å². The first-order valence-electron chi connectivity index (χ1n) is 9.40. The van der Waals surface area contributed by atoms with Gasteiger partial charge in [0.25, 0.3) is 0 Å². The highest BCUT2D eigenvalue weighted by atomic mass is 19.4. The Morgan fingerprint density at radius 2 is 1.60 bits per heavy atom. The molecule has 0 spiro atoms. The van der Waals surface area contributed by atoms with Crippen molar-refractivity contribution in [2.45, 2.75) is 26.1 Å². The number of likely N-dealkylation sites (tertiary alicyclic amines) is 1. The van der Waals surface area contributed by atoms with E-state index in [2.05, 4.69) is 10.1 Å². The molecular formula is C21H21F3N2O4. The van der Waals surface area contributed by atoms with Crippen LogP contribution in [0, 0.1) is 5.92 Å². The Hall–Kier alpha value is -3.23. The van der Waals surface area contributed by atoms with Gasteiger partial charge < -0.3 is 19.7 Å². The van der Waals surface area contributed by atoms with Crippen molar-refractivity contribution in [3.63, 3.8) is 0 Å². The van der Waals surface area contributed by atoms with Crippen molar-refractivity contribution < 1.29 is 32.2 Å². The molecule has 1 N–H and O–H groups in total. The van der Waals surface area contributed by atoms with Crippen LogP contribution in [0.2, 0.25) is 0 Å². The zero-order valence-corrected chi connectivity index (χ0v) is 16.2. The zero-order valence-electron chi connectivity index (χ0n) is 16.2. The van der Waals surface area contributed by atoms with Crippen LogP contribution in [0.1, 0.15) is 19.8 Å². The van der Waals surface area contributed by atoms with Gasteiger partial charge in [-0.1, -0.05) is 12.1 Å². The molecule has 0 aromatic heterocycles. The Kier molecular flexibility index (Phi) is 6.49. The van der Waals surface area contributed by atoms with Gasteiger partial charge in [0.1, 0.15) is 11.5 Å². The lowest BCUT2D eigenvalue weighted by Gasteiger charge is -2.30. The molecule has 6 nitrogen and oxygen atoms in total. The third-order valence-electron chi connectivity index (χ3n) is 4.74. The van der Waals surface area contributed by atoms with Gasteiger partial charge in [0.15, 0.2) is 5.75 Å². The van der Waals surface area contributed by atoms with Gasteiger partial charge in [0.2, 0.25) is 11.8 Å². The summed E-state index contributed by atoms with van der Waals surface area (Å²) in [6.45, 7) is 2.59. The molecule has 1 saturated heterocycles. The number of hydrogen-bond donors (Lipinski definition) is 1. The fourth-order valence-electron chi connectivity index (χ4n) is 3.19. The SMILES string of the molecule is CC(=O)N1CCC(C(=O)Nc2ccccc2Oc2ccc(OC(F)(F)F)cc2)CC1. The second kappa shape index (κ2) is 9.06. The summed E-state index contributed by atoms with van der Waals surface area (Å²) in [5, 5.41) is 2.85. The van der Waals surface area contributed by atoms with Crippen molar-refractivity contribution in [2.75, 3.05) is 18.4 Å². The Balaban J connectivity index is 1.63. The summed E-state index contributed by atoms with van der Waals surface area (Å²) in [6, 6.07) is 11.8. The van der Waals surface area contributed by atoms with Crippen LogP contribution in [0.4, 0.5) is 18.9 Å². The molecule has 2 aromatic carbocycles. The summed E-state index contributed by atoms with van der Waals surface area (Å²) >= 11 is 0. The van der Waals surface area contributed by atoms with E-state index < -0.39 is 6.36 Å². The van der Waals surface area contributed by atoms with E-state index in [0.29, 0.717) is 43.1 Å². The maximum Gasteiger partial charge on any atom is 0.573 e. The Labute approximate surface area is 171 Å². The summed E-state index contributed by atoms with van der Waals surface area (Å²) in [5.74, 6) is -0.0827. The van der Waals surface area contributed by atoms with Crippen LogP contribution in [-0.2, 0) is 9.59 Å². The quantitative estimate of drug-likeness (QED) is 0.766. The number of halogens is 3. The largest absolute Gasteiger partial charge is 0.573 e. The second-order valence-electron chi connectivity index (χ2n) is 6.89. The third kappa shape index (κ3) is 5.88. The van der Waals surface area contributed by atoms with Crippen molar-refractivity contribution in [2.24, 2.45) is 5.92 Å². The number of anilines is 1. The number of rotatable bonds is 5. The van der Waals surface area contributed by atoms with Gasteiger partial charge in [-0.25, -0.2) is 0 Å². The molecular weight excluding hydrogens is 401 g/mol. The summed E-state index contributed by atoms with van der Waals surface area (Å²) in [5.41, 5.74) is 0.451. The molecule has 2 amide bonds. The molecule has 1 aliphatic heterocycles. The Bertz CT molecular complexity index is 892. The van der Waals surface area contributed by atoms with Crippen molar-refractivity contribution in [3.8, 4) is 17.2 Å². The van der Waals surface area contributed by atoms with Crippen LogP contribution in [0.25, 0.3) is 0 Å². The molecule has 3 rings (SSSR count).